The highest BCUT2D eigenvalue weighted by molar-refractivity contribution is 6.28. The normalized spacial score (nSPS) is 12.1. The Labute approximate surface area is 175 Å². The first-order valence-electron chi connectivity index (χ1n) is 10.4. The molecule has 0 saturated heterocycles. The summed E-state index contributed by atoms with van der Waals surface area (Å²) < 4.78 is 5.77. The van der Waals surface area contributed by atoms with E-state index >= 15 is 0 Å². The van der Waals surface area contributed by atoms with Gasteiger partial charge in [-0.1, -0.05) is 54.9 Å². The molecule has 30 heavy (non-hydrogen) atoms. The van der Waals surface area contributed by atoms with E-state index in [9.17, 15) is 4.79 Å². The number of anilines is 3. The first kappa shape index (κ1) is 18.4. The number of unbranched alkanes of at least 4 members (excludes halogenated alkanes) is 1. The molecule has 150 valence electrons. The number of fused-ring (bicyclic) bond motifs is 2. The standard InChI is InChI=1S/C25H23N3O2/c1-3-4-12-26-20-14-19(27-16-9-7-8-15(2)13-16)21-22-23(20)28-30-25(22)18-11-6-5-10-17(18)24(21)29/h5-11,13-14,26-27H,3-4,12H2,1-2H3. The molecule has 0 saturated carbocycles. The highest BCUT2D eigenvalue weighted by atomic mass is 16.5. The van der Waals surface area contributed by atoms with Crippen molar-refractivity contribution in [3.8, 4) is 11.3 Å². The maximum absolute atomic E-state index is 13.5. The van der Waals surface area contributed by atoms with Gasteiger partial charge in [-0.05, 0) is 37.1 Å². The van der Waals surface area contributed by atoms with Gasteiger partial charge in [-0.25, -0.2) is 0 Å². The Morgan fingerprint density at radius 3 is 2.63 bits per heavy atom. The van der Waals surface area contributed by atoms with Crippen molar-refractivity contribution in [1.29, 1.82) is 0 Å². The summed E-state index contributed by atoms with van der Waals surface area (Å²) >= 11 is 0. The van der Waals surface area contributed by atoms with Gasteiger partial charge >= 0.3 is 0 Å². The summed E-state index contributed by atoms with van der Waals surface area (Å²) in [6.07, 6.45) is 2.15. The van der Waals surface area contributed by atoms with E-state index in [0.717, 1.165) is 53.0 Å². The Balaban J connectivity index is 1.73. The number of hydrogen-bond donors (Lipinski definition) is 2. The van der Waals surface area contributed by atoms with E-state index in [-0.39, 0.29) is 5.78 Å². The highest BCUT2D eigenvalue weighted by Crippen LogP contribution is 2.45. The van der Waals surface area contributed by atoms with Crippen LogP contribution in [0.2, 0.25) is 0 Å². The predicted octanol–water partition coefficient (Wildman–Crippen LogP) is 6.30. The van der Waals surface area contributed by atoms with Crippen LogP contribution in [0, 0.1) is 6.92 Å². The number of nitrogens with one attached hydrogen (secondary N) is 2. The molecule has 0 radical (unpaired) electrons. The topological polar surface area (TPSA) is 67.2 Å². The zero-order valence-corrected chi connectivity index (χ0v) is 17.1. The average molecular weight is 397 g/mol. The summed E-state index contributed by atoms with van der Waals surface area (Å²) in [6.45, 7) is 5.05. The minimum absolute atomic E-state index is 0.0124. The Morgan fingerprint density at radius 1 is 1.00 bits per heavy atom. The summed E-state index contributed by atoms with van der Waals surface area (Å²) in [5, 5.41) is 12.1. The average Bonchev–Trinajstić information content (AvgIpc) is 3.19. The van der Waals surface area contributed by atoms with Gasteiger partial charge in [-0.3, -0.25) is 4.79 Å². The SMILES string of the molecule is CCCCNc1cc(Nc2cccc(C)c2)c2c3c(onc13)-c1ccccc1C2=O. The second kappa shape index (κ2) is 7.34. The highest BCUT2D eigenvalue weighted by Gasteiger charge is 2.32. The fourth-order valence-electron chi connectivity index (χ4n) is 4.07. The van der Waals surface area contributed by atoms with E-state index < -0.39 is 0 Å². The van der Waals surface area contributed by atoms with Crippen molar-refractivity contribution in [2.45, 2.75) is 26.7 Å². The number of benzene rings is 3. The van der Waals surface area contributed by atoms with Gasteiger partial charge < -0.3 is 15.2 Å². The van der Waals surface area contributed by atoms with Crippen molar-refractivity contribution in [2.75, 3.05) is 17.2 Å². The maximum atomic E-state index is 13.5. The third-order valence-corrected chi connectivity index (χ3v) is 5.54. The van der Waals surface area contributed by atoms with Gasteiger partial charge in [0.15, 0.2) is 11.5 Å². The second-order valence-electron chi connectivity index (χ2n) is 7.73. The quantitative estimate of drug-likeness (QED) is 0.329. The molecule has 0 aliphatic heterocycles. The molecule has 1 aliphatic carbocycles. The van der Waals surface area contributed by atoms with E-state index in [1.165, 1.54) is 0 Å². The minimum atomic E-state index is -0.0124. The van der Waals surface area contributed by atoms with E-state index in [0.29, 0.717) is 22.4 Å². The Morgan fingerprint density at radius 2 is 1.83 bits per heavy atom. The Kier molecular flexibility index (Phi) is 4.51. The first-order chi connectivity index (χ1) is 14.7. The van der Waals surface area contributed by atoms with E-state index in [1.54, 1.807) is 0 Å². The molecule has 0 atom stereocenters. The molecule has 3 aromatic carbocycles. The van der Waals surface area contributed by atoms with Gasteiger partial charge in [0.25, 0.3) is 0 Å². The molecule has 0 fully saturated rings. The number of nitrogens with zero attached hydrogens (tertiary/aromatic N) is 1. The summed E-state index contributed by atoms with van der Waals surface area (Å²) in [5.41, 5.74) is 6.48. The Bertz CT molecular complexity index is 1270. The second-order valence-corrected chi connectivity index (χ2v) is 7.73. The van der Waals surface area contributed by atoms with Crippen LogP contribution in [0.15, 0.2) is 59.1 Å². The number of aryl methyl sites for hydroxylation is 1. The van der Waals surface area contributed by atoms with Gasteiger partial charge in [0.2, 0.25) is 0 Å². The van der Waals surface area contributed by atoms with E-state index in [4.69, 9.17) is 4.52 Å². The van der Waals surface area contributed by atoms with Crippen molar-refractivity contribution in [3.63, 3.8) is 0 Å². The largest absolute Gasteiger partial charge is 0.383 e. The van der Waals surface area contributed by atoms with Crippen molar-refractivity contribution in [3.05, 3.63) is 71.3 Å². The Hall–Kier alpha value is -3.60. The van der Waals surface area contributed by atoms with Gasteiger partial charge in [0.05, 0.1) is 22.3 Å². The summed E-state index contributed by atoms with van der Waals surface area (Å²) in [6, 6.07) is 17.7. The lowest BCUT2D eigenvalue weighted by molar-refractivity contribution is 0.104. The molecule has 0 spiro atoms. The van der Waals surface area contributed by atoms with Crippen molar-refractivity contribution in [2.24, 2.45) is 0 Å². The van der Waals surface area contributed by atoms with Crippen LogP contribution in [-0.2, 0) is 0 Å². The summed E-state index contributed by atoms with van der Waals surface area (Å²) in [4.78, 5) is 13.5. The maximum Gasteiger partial charge on any atom is 0.196 e. The van der Waals surface area contributed by atoms with E-state index in [2.05, 4.69) is 41.8 Å². The third-order valence-electron chi connectivity index (χ3n) is 5.54. The van der Waals surface area contributed by atoms with Gasteiger partial charge in [-0.15, -0.1) is 0 Å². The summed E-state index contributed by atoms with van der Waals surface area (Å²) in [5.74, 6) is 0.642. The molecule has 5 rings (SSSR count). The van der Waals surface area contributed by atoms with Crippen molar-refractivity contribution >= 4 is 33.7 Å². The molecule has 4 aromatic rings. The van der Waals surface area contributed by atoms with Crippen LogP contribution >= 0.6 is 0 Å². The lowest BCUT2D eigenvalue weighted by Crippen LogP contribution is -2.12. The van der Waals surface area contributed by atoms with E-state index in [1.807, 2.05) is 42.5 Å². The first-order valence-corrected chi connectivity index (χ1v) is 10.4. The van der Waals surface area contributed by atoms with Crippen LogP contribution in [-0.4, -0.2) is 17.5 Å². The molecule has 1 aromatic heterocycles. The molecular formula is C25H23N3O2. The van der Waals surface area contributed by atoms with Crippen LogP contribution < -0.4 is 10.6 Å². The molecule has 1 heterocycles. The van der Waals surface area contributed by atoms with Gasteiger partial charge in [0.1, 0.15) is 5.52 Å². The third kappa shape index (κ3) is 2.94. The monoisotopic (exact) mass is 397 g/mol. The lowest BCUT2D eigenvalue weighted by Gasteiger charge is -2.20. The number of aromatic nitrogens is 1. The molecule has 0 amide bonds. The van der Waals surface area contributed by atoms with Crippen LogP contribution in [0.4, 0.5) is 17.1 Å². The van der Waals surface area contributed by atoms with Crippen LogP contribution in [0.25, 0.3) is 22.2 Å². The molecule has 1 aliphatic rings. The number of ketones is 1. The van der Waals surface area contributed by atoms with Gasteiger partial charge in [-0.2, -0.15) is 0 Å². The minimum Gasteiger partial charge on any atom is -0.383 e. The van der Waals surface area contributed by atoms with Crippen LogP contribution in [0.3, 0.4) is 0 Å². The number of carbonyl (C=O) groups excluding carboxylic acids is 1. The van der Waals surface area contributed by atoms with Gasteiger partial charge in [0, 0.05) is 23.4 Å². The molecule has 5 nitrogen and oxygen atoms in total. The molecule has 5 heteroatoms. The fraction of sp³-hybridized carbons (Fsp3) is 0.200. The fourth-order valence-corrected chi connectivity index (χ4v) is 4.07. The summed E-state index contributed by atoms with van der Waals surface area (Å²) in [7, 11) is 0. The molecule has 2 N–H and O–H groups in total. The molecular weight excluding hydrogens is 374 g/mol. The number of hydrogen-bond acceptors (Lipinski definition) is 5. The smallest absolute Gasteiger partial charge is 0.196 e. The number of carbonyl (C=O) groups is 1. The zero-order valence-electron chi connectivity index (χ0n) is 17.1. The van der Waals surface area contributed by atoms with Crippen LogP contribution in [0.1, 0.15) is 41.3 Å². The van der Waals surface area contributed by atoms with Crippen molar-refractivity contribution in [1.82, 2.24) is 5.16 Å². The van der Waals surface area contributed by atoms with Crippen molar-refractivity contribution < 1.29 is 9.32 Å². The molecule has 0 unspecified atom stereocenters. The lowest BCUT2D eigenvalue weighted by atomic mass is 9.86. The predicted molar refractivity (Wildman–Crippen MR) is 121 cm³/mol. The number of rotatable bonds is 6. The zero-order chi connectivity index (χ0) is 20.7. The van der Waals surface area contributed by atoms with Crippen LogP contribution in [0.5, 0.6) is 0 Å². The molecule has 0 bridgehead atoms.